The number of rotatable bonds is 5. The van der Waals surface area contributed by atoms with Gasteiger partial charge in [-0.2, -0.15) is 0 Å². The van der Waals surface area contributed by atoms with E-state index in [9.17, 15) is 4.79 Å². The van der Waals surface area contributed by atoms with Crippen molar-refractivity contribution in [1.29, 1.82) is 0 Å². The van der Waals surface area contributed by atoms with Gasteiger partial charge in [0.2, 0.25) is 0 Å². The highest BCUT2D eigenvalue weighted by Crippen LogP contribution is 2.30. The molecule has 0 unspecified atom stereocenters. The number of carbonyl (C=O) groups is 1. The Morgan fingerprint density at radius 1 is 1.04 bits per heavy atom. The number of halogens is 1. The summed E-state index contributed by atoms with van der Waals surface area (Å²) in [6.07, 6.45) is 1.58. The van der Waals surface area contributed by atoms with Gasteiger partial charge >= 0.3 is 0 Å². The number of benzene rings is 2. The van der Waals surface area contributed by atoms with E-state index in [0.717, 1.165) is 17.1 Å². The van der Waals surface area contributed by atoms with Gasteiger partial charge in [-0.25, -0.2) is 4.98 Å². The molecule has 6 heteroatoms. The van der Waals surface area contributed by atoms with E-state index in [4.69, 9.17) is 16.3 Å². The monoisotopic (exact) mass is 353 g/mol. The number of amides is 1. The number of carbonyl (C=O) groups excluding carboxylic acids is 1. The first-order valence-corrected chi connectivity index (χ1v) is 7.96. The number of methoxy groups -OCH3 is 1. The average Bonchev–Trinajstić information content (AvgIpc) is 2.63. The van der Waals surface area contributed by atoms with Crippen molar-refractivity contribution < 1.29 is 9.53 Å². The van der Waals surface area contributed by atoms with E-state index in [1.54, 1.807) is 43.6 Å². The summed E-state index contributed by atoms with van der Waals surface area (Å²) in [4.78, 5) is 16.4. The van der Waals surface area contributed by atoms with Gasteiger partial charge in [-0.05, 0) is 42.5 Å². The van der Waals surface area contributed by atoms with E-state index in [-0.39, 0.29) is 5.91 Å². The Labute approximate surface area is 150 Å². The number of nitrogens with one attached hydrogen (secondary N) is 2. The van der Waals surface area contributed by atoms with E-state index in [1.807, 2.05) is 30.3 Å². The Hall–Kier alpha value is -3.05. The topological polar surface area (TPSA) is 63.2 Å². The lowest BCUT2D eigenvalue weighted by Gasteiger charge is -2.11. The molecule has 2 N–H and O–H groups in total. The molecule has 0 saturated heterocycles. The van der Waals surface area contributed by atoms with Gasteiger partial charge < -0.3 is 15.4 Å². The number of anilines is 3. The fraction of sp³-hybridized carbons (Fsp3) is 0.0526. The summed E-state index contributed by atoms with van der Waals surface area (Å²) in [6.45, 7) is 0. The highest BCUT2D eigenvalue weighted by molar-refractivity contribution is 6.31. The van der Waals surface area contributed by atoms with Crippen LogP contribution in [0.5, 0.6) is 5.75 Å². The van der Waals surface area contributed by atoms with Crippen LogP contribution in [0, 0.1) is 0 Å². The molecule has 25 heavy (non-hydrogen) atoms. The van der Waals surface area contributed by atoms with E-state index >= 15 is 0 Å². The van der Waals surface area contributed by atoms with Gasteiger partial charge in [-0.1, -0.05) is 29.8 Å². The Balaban J connectivity index is 1.72. The molecular weight excluding hydrogens is 338 g/mol. The zero-order valence-electron chi connectivity index (χ0n) is 13.5. The number of aromatic nitrogens is 1. The minimum Gasteiger partial charge on any atom is -0.495 e. The average molecular weight is 354 g/mol. The van der Waals surface area contributed by atoms with Gasteiger partial charge in [0, 0.05) is 10.7 Å². The Kier molecular flexibility index (Phi) is 5.16. The van der Waals surface area contributed by atoms with E-state index in [2.05, 4.69) is 15.6 Å². The molecule has 3 aromatic rings. The van der Waals surface area contributed by atoms with Crippen LogP contribution in [0.3, 0.4) is 0 Å². The Morgan fingerprint density at radius 2 is 1.84 bits per heavy atom. The number of para-hydroxylation sites is 1. The van der Waals surface area contributed by atoms with Gasteiger partial charge in [0.15, 0.2) is 0 Å². The standard InChI is InChI=1S/C19H16ClN3O2/c1-25-18-10-7-13(20)11-17(18)22-15-8-9-16(21-12-15)19(24)23-14-5-3-2-4-6-14/h2-12,22H,1H3,(H,23,24). The smallest absolute Gasteiger partial charge is 0.274 e. The van der Waals surface area contributed by atoms with Gasteiger partial charge in [-0.3, -0.25) is 4.79 Å². The van der Waals surface area contributed by atoms with Gasteiger partial charge in [0.1, 0.15) is 11.4 Å². The second-order valence-electron chi connectivity index (χ2n) is 5.22. The molecular formula is C19H16ClN3O2. The zero-order chi connectivity index (χ0) is 17.6. The molecule has 126 valence electrons. The minimum atomic E-state index is -0.266. The first-order chi connectivity index (χ1) is 12.2. The maximum Gasteiger partial charge on any atom is 0.274 e. The molecule has 0 aliphatic rings. The SMILES string of the molecule is COc1ccc(Cl)cc1Nc1ccc(C(=O)Nc2ccccc2)nc1. The quantitative estimate of drug-likeness (QED) is 0.695. The lowest BCUT2D eigenvalue weighted by Crippen LogP contribution is -2.13. The largest absolute Gasteiger partial charge is 0.495 e. The van der Waals surface area contributed by atoms with E-state index < -0.39 is 0 Å². The van der Waals surface area contributed by atoms with Crippen LogP contribution < -0.4 is 15.4 Å². The fourth-order valence-corrected chi connectivity index (χ4v) is 2.42. The third-order valence-electron chi connectivity index (χ3n) is 3.47. The predicted octanol–water partition coefficient (Wildman–Crippen LogP) is 4.74. The summed E-state index contributed by atoms with van der Waals surface area (Å²) in [5.74, 6) is 0.397. The van der Waals surface area contributed by atoms with Crippen LogP contribution in [0.25, 0.3) is 0 Å². The Morgan fingerprint density at radius 3 is 2.52 bits per heavy atom. The molecule has 1 heterocycles. The molecule has 0 spiro atoms. The molecule has 2 aromatic carbocycles. The number of hydrogen-bond donors (Lipinski definition) is 2. The van der Waals surface area contributed by atoms with Gasteiger partial charge in [-0.15, -0.1) is 0 Å². The molecule has 1 amide bonds. The van der Waals surface area contributed by atoms with Crippen molar-refractivity contribution in [3.05, 3.63) is 77.6 Å². The molecule has 0 radical (unpaired) electrons. The second-order valence-corrected chi connectivity index (χ2v) is 5.66. The van der Waals surface area contributed by atoms with E-state index in [0.29, 0.717) is 16.5 Å². The molecule has 1 aromatic heterocycles. The van der Waals surface area contributed by atoms with Crippen LogP contribution in [0.2, 0.25) is 5.02 Å². The molecule has 0 aliphatic carbocycles. The lowest BCUT2D eigenvalue weighted by molar-refractivity contribution is 0.102. The number of ether oxygens (including phenoxy) is 1. The molecule has 0 atom stereocenters. The highest BCUT2D eigenvalue weighted by Gasteiger charge is 2.09. The van der Waals surface area contributed by atoms with Crippen molar-refractivity contribution in [2.75, 3.05) is 17.7 Å². The normalized spacial score (nSPS) is 10.2. The van der Waals surface area contributed by atoms with Crippen LogP contribution >= 0.6 is 11.6 Å². The Bertz CT molecular complexity index is 868. The summed E-state index contributed by atoms with van der Waals surface area (Å²) in [6, 6.07) is 17.9. The third-order valence-corrected chi connectivity index (χ3v) is 3.70. The summed E-state index contributed by atoms with van der Waals surface area (Å²) in [7, 11) is 1.59. The van der Waals surface area contributed by atoms with Crippen LogP contribution in [0.1, 0.15) is 10.5 Å². The number of nitrogens with zero attached hydrogens (tertiary/aromatic N) is 1. The fourth-order valence-electron chi connectivity index (χ4n) is 2.25. The maximum atomic E-state index is 12.2. The lowest BCUT2D eigenvalue weighted by atomic mass is 10.2. The first-order valence-electron chi connectivity index (χ1n) is 7.59. The van der Waals surface area contributed by atoms with Crippen LogP contribution in [0.15, 0.2) is 66.9 Å². The highest BCUT2D eigenvalue weighted by atomic mass is 35.5. The van der Waals surface area contributed by atoms with Crippen LogP contribution in [-0.2, 0) is 0 Å². The summed E-state index contributed by atoms with van der Waals surface area (Å²) in [5.41, 5.74) is 2.49. The van der Waals surface area contributed by atoms with Gasteiger partial charge in [0.05, 0.1) is 24.7 Å². The minimum absolute atomic E-state index is 0.266. The second kappa shape index (κ2) is 7.68. The van der Waals surface area contributed by atoms with E-state index in [1.165, 1.54) is 0 Å². The number of pyridine rings is 1. The first kappa shape index (κ1) is 16.8. The van der Waals surface area contributed by atoms with Crippen molar-refractivity contribution in [1.82, 2.24) is 4.98 Å². The molecule has 3 rings (SSSR count). The summed E-state index contributed by atoms with van der Waals surface area (Å²) >= 11 is 6.02. The third kappa shape index (κ3) is 4.28. The van der Waals surface area contributed by atoms with Crippen molar-refractivity contribution in [3.63, 3.8) is 0 Å². The van der Waals surface area contributed by atoms with Crippen molar-refractivity contribution in [2.45, 2.75) is 0 Å². The van der Waals surface area contributed by atoms with Crippen molar-refractivity contribution in [2.24, 2.45) is 0 Å². The molecule has 0 fully saturated rings. The molecule has 0 bridgehead atoms. The zero-order valence-corrected chi connectivity index (χ0v) is 14.2. The van der Waals surface area contributed by atoms with Crippen LogP contribution in [0.4, 0.5) is 17.1 Å². The molecule has 0 aliphatic heterocycles. The molecule has 5 nitrogen and oxygen atoms in total. The van der Waals surface area contributed by atoms with Crippen molar-refractivity contribution in [3.8, 4) is 5.75 Å². The molecule has 0 saturated carbocycles. The summed E-state index contributed by atoms with van der Waals surface area (Å²) < 4.78 is 5.30. The van der Waals surface area contributed by atoms with Gasteiger partial charge in [0.25, 0.3) is 5.91 Å². The summed E-state index contributed by atoms with van der Waals surface area (Å²) in [5, 5.41) is 6.56. The van der Waals surface area contributed by atoms with Crippen molar-refractivity contribution >= 4 is 34.6 Å². The predicted molar refractivity (Wildman–Crippen MR) is 99.9 cm³/mol. The maximum absolute atomic E-state index is 12.2. The van der Waals surface area contributed by atoms with Crippen LogP contribution in [-0.4, -0.2) is 18.0 Å². The number of hydrogen-bond acceptors (Lipinski definition) is 4.